The molecule has 0 spiro atoms. The van der Waals surface area contributed by atoms with Crippen molar-refractivity contribution >= 4 is 11.6 Å². The van der Waals surface area contributed by atoms with E-state index >= 15 is 0 Å². The van der Waals surface area contributed by atoms with Gasteiger partial charge in [-0.1, -0.05) is 0 Å². The van der Waals surface area contributed by atoms with E-state index in [0.29, 0.717) is 24.0 Å². The van der Waals surface area contributed by atoms with Gasteiger partial charge < -0.3 is 14.8 Å². The van der Waals surface area contributed by atoms with Crippen LogP contribution in [0.1, 0.15) is 23.1 Å². The molecule has 0 atom stereocenters. The number of carbonyl (C=O) groups excluding carboxylic acids is 1. The van der Waals surface area contributed by atoms with Crippen LogP contribution in [0.2, 0.25) is 0 Å². The summed E-state index contributed by atoms with van der Waals surface area (Å²) in [5.41, 5.74) is 0.646. The van der Waals surface area contributed by atoms with Gasteiger partial charge in [0.1, 0.15) is 0 Å². The van der Waals surface area contributed by atoms with Crippen LogP contribution >= 0.6 is 0 Å². The molecule has 3 aromatic rings. The number of fused-ring (bicyclic) bond motifs is 1. The summed E-state index contributed by atoms with van der Waals surface area (Å²) < 4.78 is 25.6. The molecule has 0 radical (unpaired) electrons. The summed E-state index contributed by atoms with van der Waals surface area (Å²) >= 11 is 0. The maximum Gasteiger partial charge on any atom is 0.260 e. The van der Waals surface area contributed by atoms with Crippen molar-refractivity contribution in [2.24, 2.45) is 0 Å². The first-order valence-corrected chi connectivity index (χ1v) is 7.57. The van der Waals surface area contributed by atoms with Crippen LogP contribution in [0.3, 0.4) is 0 Å². The van der Waals surface area contributed by atoms with E-state index in [1.165, 1.54) is 19.2 Å². The number of benzene rings is 1. The largest absolute Gasteiger partial charge is 0.494 e. The number of methoxy groups -OCH3 is 1. The smallest absolute Gasteiger partial charge is 0.260 e. The molecule has 0 saturated heterocycles. The summed E-state index contributed by atoms with van der Waals surface area (Å²) in [6.07, 6.45) is 3.23. The molecule has 9 heteroatoms. The molecule has 1 amide bonds. The molecule has 2 aromatic heterocycles. The molecule has 1 aromatic carbocycles. The molecule has 0 aliphatic heterocycles. The third-order valence-corrected chi connectivity index (χ3v) is 3.47. The van der Waals surface area contributed by atoms with Crippen LogP contribution in [-0.2, 0) is 6.54 Å². The van der Waals surface area contributed by atoms with E-state index in [1.54, 1.807) is 16.8 Å². The fourth-order valence-corrected chi connectivity index (χ4v) is 2.28. The Bertz CT molecular complexity index is 912. The van der Waals surface area contributed by atoms with Crippen molar-refractivity contribution in [1.29, 1.82) is 0 Å². The number of ether oxygens (including phenoxy) is 2. The Labute approximate surface area is 142 Å². The fourth-order valence-electron chi connectivity index (χ4n) is 2.28. The predicted molar refractivity (Wildman–Crippen MR) is 86.1 cm³/mol. The van der Waals surface area contributed by atoms with Crippen LogP contribution in [0, 0.1) is 5.82 Å². The SMILES string of the molecule is CCOc1nccn2c(CNC(=O)c3ccc(OC)c(F)c3)nnc12. The first-order valence-electron chi connectivity index (χ1n) is 7.57. The lowest BCUT2D eigenvalue weighted by molar-refractivity contribution is 0.0949. The van der Waals surface area contributed by atoms with Crippen molar-refractivity contribution in [3.05, 3.63) is 47.8 Å². The number of amides is 1. The number of aromatic nitrogens is 4. The molecule has 0 aliphatic rings. The maximum atomic E-state index is 13.7. The average Bonchev–Trinajstić information content (AvgIpc) is 3.04. The van der Waals surface area contributed by atoms with Crippen LogP contribution in [0.4, 0.5) is 4.39 Å². The lowest BCUT2D eigenvalue weighted by atomic mass is 10.2. The number of rotatable bonds is 6. The van der Waals surface area contributed by atoms with Gasteiger partial charge in [0.05, 0.1) is 20.3 Å². The second-order valence-electron chi connectivity index (χ2n) is 5.01. The van der Waals surface area contributed by atoms with Gasteiger partial charge in [-0.25, -0.2) is 9.37 Å². The van der Waals surface area contributed by atoms with Crippen LogP contribution in [-0.4, -0.2) is 39.2 Å². The Kier molecular flexibility index (Phi) is 4.73. The third kappa shape index (κ3) is 3.35. The Hall–Kier alpha value is -3.23. The Balaban J connectivity index is 1.75. The number of hydrogen-bond donors (Lipinski definition) is 1. The number of carbonyl (C=O) groups is 1. The Morgan fingerprint density at radius 3 is 2.92 bits per heavy atom. The van der Waals surface area contributed by atoms with Crippen molar-refractivity contribution in [3.63, 3.8) is 0 Å². The zero-order valence-electron chi connectivity index (χ0n) is 13.7. The standard InChI is InChI=1S/C16H16FN5O3/c1-3-25-16-14-21-20-13(22(14)7-6-18-16)9-19-15(23)10-4-5-12(24-2)11(17)8-10/h4-8H,3,9H2,1-2H3,(H,19,23). The highest BCUT2D eigenvalue weighted by atomic mass is 19.1. The normalized spacial score (nSPS) is 10.7. The Morgan fingerprint density at radius 1 is 1.36 bits per heavy atom. The van der Waals surface area contributed by atoms with E-state index in [1.807, 2.05) is 6.92 Å². The number of nitrogens with zero attached hydrogens (tertiary/aromatic N) is 4. The van der Waals surface area contributed by atoms with E-state index < -0.39 is 11.7 Å². The lowest BCUT2D eigenvalue weighted by Gasteiger charge is -2.07. The van der Waals surface area contributed by atoms with Gasteiger partial charge in [0, 0.05) is 18.0 Å². The first kappa shape index (κ1) is 16.6. The van der Waals surface area contributed by atoms with Gasteiger partial charge in [-0.2, -0.15) is 0 Å². The summed E-state index contributed by atoms with van der Waals surface area (Å²) in [4.78, 5) is 16.3. The second kappa shape index (κ2) is 7.12. The van der Waals surface area contributed by atoms with Crippen molar-refractivity contribution in [2.45, 2.75) is 13.5 Å². The molecule has 25 heavy (non-hydrogen) atoms. The molecule has 130 valence electrons. The van der Waals surface area contributed by atoms with Gasteiger partial charge in [-0.05, 0) is 25.1 Å². The van der Waals surface area contributed by atoms with Crippen molar-refractivity contribution in [1.82, 2.24) is 24.9 Å². The molecule has 0 aliphatic carbocycles. The number of hydrogen-bond acceptors (Lipinski definition) is 6. The van der Waals surface area contributed by atoms with E-state index in [2.05, 4.69) is 20.5 Å². The number of halogens is 1. The summed E-state index contributed by atoms with van der Waals surface area (Å²) in [7, 11) is 1.36. The molecule has 3 rings (SSSR count). The summed E-state index contributed by atoms with van der Waals surface area (Å²) in [5.74, 6) is -0.0863. The minimum Gasteiger partial charge on any atom is -0.494 e. The topological polar surface area (TPSA) is 90.6 Å². The van der Waals surface area contributed by atoms with E-state index in [-0.39, 0.29) is 17.9 Å². The van der Waals surface area contributed by atoms with Crippen LogP contribution in [0.25, 0.3) is 5.65 Å². The van der Waals surface area contributed by atoms with E-state index in [0.717, 1.165) is 6.07 Å². The van der Waals surface area contributed by atoms with Gasteiger partial charge in [0.15, 0.2) is 17.4 Å². The fraction of sp³-hybridized carbons (Fsp3) is 0.250. The van der Waals surface area contributed by atoms with Crippen LogP contribution in [0.5, 0.6) is 11.6 Å². The van der Waals surface area contributed by atoms with Crippen molar-refractivity contribution in [3.8, 4) is 11.6 Å². The minimum absolute atomic E-state index is 0.0796. The predicted octanol–water partition coefficient (Wildman–Crippen LogP) is 1.60. The summed E-state index contributed by atoms with van der Waals surface area (Å²) in [5, 5.41) is 10.7. The molecule has 0 bridgehead atoms. The zero-order valence-corrected chi connectivity index (χ0v) is 13.7. The second-order valence-corrected chi connectivity index (χ2v) is 5.01. The molecule has 0 fully saturated rings. The van der Waals surface area contributed by atoms with Gasteiger partial charge in [-0.3, -0.25) is 9.20 Å². The highest BCUT2D eigenvalue weighted by molar-refractivity contribution is 5.94. The number of nitrogens with one attached hydrogen (secondary N) is 1. The van der Waals surface area contributed by atoms with Crippen LogP contribution in [0.15, 0.2) is 30.6 Å². The monoisotopic (exact) mass is 345 g/mol. The minimum atomic E-state index is -0.601. The van der Waals surface area contributed by atoms with E-state index in [9.17, 15) is 9.18 Å². The summed E-state index contributed by atoms with van der Waals surface area (Å²) in [6, 6.07) is 4.00. The quantitative estimate of drug-likeness (QED) is 0.730. The highest BCUT2D eigenvalue weighted by Crippen LogP contribution is 2.18. The first-order chi connectivity index (χ1) is 12.1. The van der Waals surface area contributed by atoms with E-state index in [4.69, 9.17) is 9.47 Å². The van der Waals surface area contributed by atoms with Crippen molar-refractivity contribution < 1.29 is 18.7 Å². The molecule has 0 unspecified atom stereocenters. The molecule has 1 N–H and O–H groups in total. The van der Waals surface area contributed by atoms with Gasteiger partial charge in [0.2, 0.25) is 5.65 Å². The molecule has 0 saturated carbocycles. The molecule has 2 heterocycles. The van der Waals surface area contributed by atoms with Crippen LogP contribution < -0.4 is 14.8 Å². The molecule has 8 nitrogen and oxygen atoms in total. The van der Waals surface area contributed by atoms with Crippen molar-refractivity contribution in [2.75, 3.05) is 13.7 Å². The van der Waals surface area contributed by atoms with Gasteiger partial charge in [-0.15, -0.1) is 10.2 Å². The highest BCUT2D eigenvalue weighted by Gasteiger charge is 2.14. The molecular weight excluding hydrogens is 329 g/mol. The lowest BCUT2D eigenvalue weighted by Crippen LogP contribution is -2.24. The average molecular weight is 345 g/mol. The Morgan fingerprint density at radius 2 is 2.20 bits per heavy atom. The molecular formula is C16H16FN5O3. The zero-order chi connectivity index (χ0) is 17.8. The van der Waals surface area contributed by atoms with Gasteiger partial charge >= 0.3 is 0 Å². The summed E-state index contributed by atoms with van der Waals surface area (Å²) in [6.45, 7) is 2.41. The maximum absolute atomic E-state index is 13.7. The third-order valence-electron chi connectivity index (χ3n) is 3.47. The van der Waals surface area contributed by atoms with Gasteiger partial charge in [0.25, 0.3) is 11.8 Å².